The van der Waals surface area contributed by atoms with Crippen molar-refractivity contribution in [3.8, 4) is 0 Å². The summed E-state index contributed by atoms with van der Waals surface area (Å²) in [6.45, 7) is 8.05. The first-order chi connectivity index (χ1) is 13.5. The van der Waals surface area contributed by atoms with E-state index in [4.69, 9.17) is 23.7 Å². The Morgan fingerprint density at radius 3 is 2.07 bits per heavy atom. The molecule has 2 aliphatic heterocycles. The number of esters is 2. The van der Waals surface area contributed by atoms with Crippen molar-refractivity contribution in [2.24, 2.45) is 11.8 Å². The lowest BCUT2D eigenvalue weighted by Gasteiger charge is -2.44. The monoisotopic (exact) mass is 420 g/mol. The standard InChI is InChI=1S/C19H32O10/c1-8-9(2)18(28-12(5)21)10(3)27-13(8)6-26-19-17(24)16(23)15(22)14(29-19)7-25-11(4)20/h8-10,13-19,22-24H,6-7H2,1-5H3/t8-,9?,10?,13?,14?,15-,16?,17-,18-,19-/m0/s1. The van der Waals surface area contributed by atoms with Gasteiger partial charge in [-0.15, -0.1) is 0 Å². The molecular formula is C19H32O10. The van der Waals surface area contributed by atoms with E-state index in [1.807, 2.05) is 20.8 Å². The zero-order chi connectivity index (χ0) is 21.9. The second-order valence-electron chi connectivity index (χ2n) is 7.82. The van der Waals surface area contributed by atoms with Gasteiger partial charge in [0, 0.05) is 19.8 Å². The molecule has 10 atom stereocenters. The Kier molecular flexibility index (Phi) is 8.38. The van der Waals surface area contributed by atoms with Gasteiger partial charge in [0.1, 0.15) is 37.1 Å². The molecule has 0 aromatic carbocycles. The lowest BCUT2D eigenvalue weighted by atomic mass is 9.81. The Balaban J connectivity index is 1.96. The molecule has 29 heavy (non-hydrogen) atoms. The minimum atomic E-state index is -1.52. The predicted molar refractivity (Wildman–Crippen MR) is 97.5 cm³/mol. The Labute approximate surface area is 170 Å². The van der Waals surface area contributed by atoms with Crippen molar-refractivity contribution in [3.63, 3.8) is 0 Å². The third-order valence-electron chi connectivity index (χ3n) is 5.63. The van der Waals surface area contributed by atoms with E-state index in [0.29, 0.717) is 0 Å². The number of hydrogen-bond donors (Lipinski definition) is 3. The zero-order valence-corrected chi connectivity index (χ0v) is 17.4. The summed E-state index contributed by atoms with van der Waals surface area (Å²) in [5.74, 6) is -0.945. The molecule has 0 saturated carbocycles. The van der Waals surface area contributed by atoms with E-state index < -0.39 is 36.7 Å². The lowest BCUT2D eigenvalue weighted by molar-refractivity contribution is -0.310. The molecular weight excluding hydrogens is 388 g/mol. The fourth-order valence-electron chi connectivity index (χ4n) is 3.71. The molecule has 2 rings (SSSR count). The van der Waals surface area contributed by atoms with Gasteiger partial charge in [-0.3, -0.25) is 9.59 Å². The molecule has 10 heteroatoms. The molecule has 0 radical (unpaired) electrons. The largest absolute Gasteiger partial charge is 0.463 e. The van der Waals surface area contributed by atoms with Gasteiger partial charge in [-0.25, -0.2) is 0 Å². The van der Waals surface area contributed by atoms with Gasteiger partial charge in [0.05, 0.1) is 18.8 Å². The van der Waals surface area contributed by atoms with E-state index in [1.165, 1.54) is 13.8 Å². The fourth-order valence-corrected chi connectivity index (χ4v) is 3.71. The fraction of sp³-hybridized carbons (Fsp3) is 0.895. The second-order valence-corrected chi connectivity index (χ2v) is 7.82. The molecule has 0 aromatic heterocycles. The van der Waals surface area contributed by atoms with E-state index in [2.05, 4.69) is 0 Å². The smallest absolute Gasteiger partial charge is 0.303 e. The van der Waals surface area contributed by atoms with Crippen LogP contribution in [0.1, 0.15) is 34.6 Å². The van der Waals surface area contributed by atoms with Crippen LogP contribution in [-0.2, 0) is 33.3 Å². The first kappa shape index (κ1) is 24.0. The van der Waals surface area contributed by atoms with E-state index in [-0.39, 0.29) is 49.3 Å². The topological polar surface area (TPSA) is 141 Å². The zero-order valence-electron chi connectivity index (χ0n) is 17.4. The molecule has 2 heterocycles. The maximum absolute atomic E-state index is 11.3. The molecule has 10 nitrogen and oxygen atoms in total. The number of ether oxygens (including phenoxy) is 5. The van der Waals surface area contributed by atoms with Crippen LogP contribution in [0.4, 0.5) is 0 Å². The first-order valence-corrected chi connectivity index (χ1v) is 9.80. The molecule has 0 aromatic rings. The number of carbonyl (C=O) groups excluding carboxylic acids is 2. The van der Waals surface area contributed by atoms with Crippen molar-refractivity contribution in [3.05, 3.63) is 0 Å². The second kappa shape index (κ2) is 10.1. The number of aliphatic hydroxyl groups excluding tert-OH is 3. The molecule has 0 spiro atoms. The molecule has 168 valence electrons. The molecule has 5 unspecified atom stereocenters. The van der Waals surface area contributed by atoms with E-state index in [9.17, 15) is 24.9 Å². The van der Waals surface area contributed by atoms with Gasteiger partial charge in [0.25, 0.3) is 0 Å². The summed E-state index contributed by atoms with van der Waals surface area (Å²) in [4.78, 5) is 22.3. The van der Waals surface area contributed by atoms with Crippen LogP contribution in [0, 0.1) is 11.8 Å². The van der Waals surface area contributed by atoms with Gasteiger partial charge in [0.2, 0.25) is 0 Å². The number of hydrogen-bond acceptors (Lipinski definition) is 10. The van der Waals surface area contributed by atoms with Crippen molar-refractivity contribution in [1.82, 2.24) is 0 Å². The highest BCUT2D eigenvalue weighted by Gasteiger charge is 2.46. The molecule has 3 N–H and O–H groups in total. The molecule has 0 aliphatic carbocycles. The quantitative estimate of drug-likeness (QED) is 0.475. The van der Waals surface area contributed by atoms with Crippen LogP contribution in [-0.4, -0.2) is 89.5 Å². The lowest BCUT2D eigenvalue weighted by Crippen LogP contribution is -2.60. The van der Waals surface area contributed by atoms with E-state index in [1.54, 1.807) is 0 Å². The average Bonchev–Trinajstić information content (AvgIpc) is 2.65. The highest BCUT2D eigenvalue weighted by molar-refractivity contribution is 5.66. The van der Waals surface area contributed by atoms with Crippen LogP contribution in [0.2, 0.25) is 0 Å². The average molecular weight is 420 g/mol. The normalized spacial score (nSPS) is 42.9. The highest BCUT2D eigenvalue weighted by Crippen LogP contribution is 2.33. The van der Waals surface area contributed by atoms with Gasteiger partial charge in [-0.05, 0) is 12.8 Å². The van der Waals surface area contributed by atoms with Crippen molar-refractivity contribution in [1.29, 1.82) is 0 Å². The molecule has 2 saturated heterocycles. The number of rotatable bonds is 6. The van der Waals surface area contributed by atoms with Gasteiger partial charge < -0.3 is 39.0 Å². The Bertz CT molecular complexity index is 569. The minimum Gasteiger partial charge on any atom is -0.463 e. The summed E-state index contributed by atoms with van der Waals surface area (Å²) < 4.78 is 27.3. The van der Waals surface area contributed by atoms with Crippen LogP contribution < -0.4 is 0 Å². The maximum atomic E-state index is 11.3. The summed E-state index contributed by atoms with van der Waals surface area (Å²) in [5.41, 5.74) is 0. The summed E-state index contributed by atoms with van der Waals surface area (Å²) in [6, 6.07) is 0. The predicted octanol–water partition coefficient (Wildman–Crippen LogP) is -0.635. The van der Waals surface area contributed by atoms with E-state index in [0.717, 1.165) is 0 Å². The first-order valence-electron chi connectivity index (χ1n) is 9.80. The van der Waals surface area contributed by atoms with Crippen LogP contribution in [0.25, 0.3) is 0 Å². The van der Waals surface area contributed by atoms with Gasteiger partial charge in [0.15, 0.2) is 6.29 Å². The van der Waals surface area contributed by atoms with Gasteiger partial charge in [-0.2, -0.15) is 0 Å². The summed E-state index contributed by atoms with van der Waals surface area (Å²) in [5, 5.41) is 30.3. The third kappa shape index (κ3) is 5.87. The highest BCUT2D eigenvalue weighted by atomic mass is 16.7. The molecule has 2 fully saturated rings. The summed E-state index contributed by atoms with van der Waals surface area (Å²) >= 11 is 0. The van der Waals surface area contributed by atoms with Gasteiger partial charge >= 0.3 is 11.9 Å². The van der Waals surface area contributed by atoms with Crippen LogP contribution in [0.15, 0.2) is 0 Å². The van der Waals surface area contributed by atoms with Crippen molar-refractivity contribution >= 4 is 11.9 Å². The summed E-state index contributed by atoms with van der Waals surface area (Å²) in [7, 11) is 0. The van der Waals surface area contributed by atoms with E-state index >= 15 is 0 Å². The molecule has 0 bridgehead atoms. The van der Waals surface area contributed by atoms with Crippen LogP contribution >= 0.6 is 0 Å². The maximum Gasteiger partial charge on any atom is 0.303 e. The molecule has 0 amide bonds. The van der Waals surface area contributed by atoms with Gasteiger partial charge in [-0.1, -0.05) is 13.8 Å². The minimum absolute atomic E-state index is 0.0116. The van der Waals surface area contributed by atoms with Crippen LogP contribution in [0.5, 0.6) is 0 Å². The van der Waals surface area contributed by atoms with Crippen molar-refractivity contribution in [2.75, 3.05) is 13.2 Å². The van der Waals surface area contributed by atoms with Crippen molar-refractivity contribution < 1.29 is 48.6 Å². The Hall–Kier alpha value is -1.30. The molecule has 2 aliphatic rings. The van der Waals surface area contributed by atoms with Crippen LogP contribution in [0.3, 0.4) is 0 Å². The Morgan fingerprint density at radius 2 is 1.48 bits per heavy atom. The Morgan fingerprint density at radius 1 is 0.828 bits per heavy atom. The number of carbonyl (C=O) groups is 2. The SMILES string of the molecule is CC(=O)OCC1O[C@H](OCC2OC(C)[C@@H](OC(C)=O)C(C)[C@@H]2C)[C@@H](O)C(O)[C@H]1O. The van der Waals surface area contributed by atoms with Crippen molar-refractivity contribution in [2.45, 2.75) is 83.6 Å². The summed E-state index contributed by atoms with van der Waals surface area (Å²) in [6.07, 6.45) is -7.80. The number of aliphatic hydroxyl groups is 3. The third-order valence-corrected chi connectivity index (χ3v) is 5.63.